The van der Waals surface area contributed by atoms with Crippen LogP contribution in [0.2, 0.25) is 0 Å². The molecule has 0 aliphatic heterocycles. The number of carbonyl (C=O) groups is 1. The highest BCUT2D eigenvalue weighted by Crippen LogP contribution is 2.32. The van der Waals surface area contributed by atoms with E-state index in [2.05, 4.69) is 42.8 Å². The van der Waals surface area contributed by atoms with E-state index >= 15 is 0 Å². The predicted octanol–water partition coefficient (Wildman–Crippen LogP) is 6.13. The van der Waals surface area contributed by atoms with Gasteiger partial charge in [0.15, 0.2) is 0 Å². The van der Waals surface area contributed by atoms with Crippen molar-refractivity contribution in [3.63, 3.8) is 0 Å². The Bertz CT molecular complexity index is 1390. The molecule has 3 nitrogen and oxygen atoms in total. The number of nitrogens with one attached hydrogen (secondary N) is 1. The molecule has 5 rings (SSSR count). The lowest BCUT2D eigenvalue weighted by Gasteiger charge is -2.13. The molecule has 1 amide bonds. The lowest BCUT2D eigenvalue weighted by molar-refractivity contribution is 0.102. The number of rotatable bonds is 2. The van der Waals surface area contributed by atoms with Gasteiger partial charge in [-0.3, -0.25) is 4.79 Å². The number of hydrogen-bond acceptors (Lipinski definition) is 2. The first-order valence-electron chi connectivity index (χ1n) is 11.0. The molecule has 0 aromatic heterocycles. The van der Waals surface area contributed by atoms with E-state index in [0.717, 1.165) is 50.5 Å². The van der Waals surface area contributed by atoms with E-state index in [1.807, 2.05) is 56.3 Å². The van der Waals surface area contributed by atoms with E-state index in [0.29, 0.717) is 5.56 Å². The Kier molecular flexibility index (Phi) is 7.45. The summed E-state index contributed by atoms with van der Waals surface area (Å²) in [5, 5.41) is 19.7. The molecule has 0 unspecified atom stereocenters. The molecule has 0 saturated carbocycles. The van der Waals surface area contributed by atoms with Crippen LogP contribution in [0.15, 0.2) is 79.9 Å². The predicted molar refractivity (Wildman–Crippen MR) is 138 cm³/mol. The van der Waals surface area contributed by atoms with Crippen LogP contribution in [-0.2, 0) is 0 Å². The van der Waals surface area contributed by atoms with E-state index in [1.165, 1.54) is 0 Å². The number of fused-ring (bicyclic) bond motifs is 4. The van der Waals surface area contributed by atoms with E-state index in [-0.39, 0.29) is 11.7 Å². The molecule has 1 aliphatic carbocycles. The van der Waals surface area contributed by atoms with Gasteiger partial charge in [0.1, 0.15) is 5.75 Å². The zero-order chi connectivity index (χ0) is 23.1. The number of benzene rings is 4. The third kappa shape index (κ3) is 4.42. The minimum atomic E-state index is -0.306. The number of phenolic OH excluding ortho intramolecular Hbond substituents is 1. The molecule has 0 bridgehead atoms. The minimum Gasteiger partial charge on any atom is -0.507 e. The van der Waals surface area contributed by atoms with Crippen molar-refractivity contribution in [2.24, 2.45) is 0 Å². The van der Waals surface area contributed by atoms with Gasteiger partial charge in [-0.1, -0.05) is 74.5 Å². The molecule has 0 saturated heterocycles. The maximum Gasteiger partial charge on any atom is 0.259 e. The average Bonchev–Trinajstić information content (AvgIpc) is 2.86. The number of aromatic hydroxyl groups is 1. The lowest BCUT2D eigenvalue weighted by Crippen LogP contribution is -2.28. The largest absolute Gasteiger partial charge is 0.507 e. The van der Waals surface area contributed by atoms with Gasteiger partial charge in [0.2, 0.25) is 0 Å². The van der Waals surface area contributed by atoms with Crippen LogP contribution in [0.25, 0.3) is 33.7 Å². The van der Waals surface area contributed by atoms with Gasteiger partial charge >= 0.3 is 0 Å². The third-order valence-corrected chi connectivity index (χ3v) is 5.36. The Morgan fingerprint density at radius 2 is 1.38 bits per heavy atom. The van der Waals surface area contributed by atoms with Crippen molar-refractivity contribution in [2.45, 2.75) is 26.7 Å². The van der Waals surface area contributed by atoms with Crippen LogP contribution in [0.4, 0.5) is 5.69 Å². The van der Waals surface area contributed by atoms with Crippen molar-refractivity contribution in [2.75, 3.05) is 5.32 Å². The van der Waals surface area contributed by atoms with Gasteiger partial charge in [-0.25, -0.2) is 0 Å². The fourth-order valence-corrected chi connectivity index (χ4v) is 3.98. The molecule has 0 heterocycles. The van der Waals surface area contributed by atoms with Crippen molar-refractivity contribution >= 4 is 45.3 Å². The maximum absolute atomic E-state index is 13.0. The molecule has 0 radical (unpaired) electrons. The van der Waals surface area contributed by atoms with Crippen molar-refractivity contribution in [3.8, 4) is 5.75 Å². The first-order chi connectivity index (χ1) is 15.7. The fraction of sp³-hybridized carbons (Fsp3) is 0.138. The zero-order valence-electron chi connectivity index (χ0n) is 18.7. The Balaban J connectivity index is 0.000000686. The third-order valence-electron chi connectivity index (χ3n) is 5.36. The summed E-state index contributed by atoms with van der Waals surface area (Å²) in [6, 6.07) is 21.6. The molecule has 4 aromatic rings. The highest BCUT2D eigenvalue weighted by molar-refractivity contribution is 6.17. The summed E-state index contributed by atoms with van der Waals surface area (Å²) >= 11 is 0. The fourth-order valence-electron chi connectivity index (χ4n) is 3.98. The van der Waals surface area contributed by atoms with Crippen LogP contribution >= 0.6 is 0 Å². The summed E-state index contributed by atoms with van der Waals surface area (Å²) in [6.45, 7) is 10.0. The van der Waals surface area contributed by atoms with Crippen LogP contribution in [0.1, 0.15) is 37.0 Å². The van der Waals surface area contributed by atoms with Gasteiger partial charge in [0.25, 0.3) is 5.91 Å². The molecule has 2 N–H and O–H groups in total. The van der Waals surface area contributed by atoms with Crippen LogP contribution in [-0.4, -0.2) is 11.0 Å². The van der Waals surface area contributed by atoms with E-state index in [1.54, 1.807) is 12.1 Å². The van der Waals surface area contributed by atoms with Crippen molar-refractivity contribution in [1.82, 2.24) is 0 Å². The second kappa shape index (κ2) is 10.5. The summed E-state index contributed by atoms with van der Waals surface area (Å²) in [5.41, 5.74) is 1.04. The second-order valence-electron chi connectivity index (χ2n) is 7.13. The number of hydrogen-bond donors (Lipinski definition) is 2. The summed E-state index contributed by atoms with van der Waals surface area (Å²) in [7, 11) is 0. The lowest BCUT2D eigenvalue weighted by atomic mass is 10.00. The van der Waals surface area contributed by atoms with Crippen LogP contribution in [0.3, 0.4) is 0 Å². The molecule has 0 spiro atoms. The Hall–Kier alpha value is -3.85. The van der Waals surface area contributed by atoms with Crippen molar-refractivity contribution in [1.29, 1.82) is 0 Å². The van der Waals surface area contributed by atoms with Gasteiger partial charge in [0, 0.05) is 11.1 Å². The first-order valence-corrected chi connectivity index (χ1v) is 11.0. The summed E-state index contributed by atoms with van der Waals surface area (Å²) in [4.78, 5) is 13.0. The molecule has 3 heteroatoms. The van der Waals surface area contributed by atoms with Gasteiger partial charge in [0.05, 0.1) is 5.56 Å². The quantitative estimate of drug-likeness (QED) is 0.301. The van der Waals surface area contributed by atoms with E-state index in [9.17, 15) is 9.90 Å². The van der Waals surface area contributed by atoms with Gasteiger partial charge in [-0.15, -0.1) is 13.2 Å². The maximum atomic E-state index is 13.0. The average molecular weight is 424 g/mol. The Morgan fingerprint density at radius 1 is 0.812 bits per heavy atom. The normalized spacial score (nSPS) is 11.6. The zero-order valence-corrected chi connectivity index (χ0v) is 18.7. The highest BCUT2D eigenvalue weighted by atomic mass is 16.3. The monoisotopic (exact) mass is 423 g/mol. The van der Waals surface area contributed by atoms with Crippen molar-refractivity contribution < 1.29 is 9.90 Å². The highest BCUT2D eigenvalue weighted by Gasteiger charge is 2.15. The SMILES string of the molecule is C=C.CC.O=C(Nc1cc2ccccc2c2ccccc12)c1cc2c(cc1O)=CCCC=2. The molecular weight excluding hydrogens is 394 g/mol. The minimum absolute atomic E-state index is 0.00731. The summed E-state index contributed by atoms with van der Waals surface area (Å²) in [5.74, 6) is -0.299. The molecule has 0 fully saturated rings. The molecule has 0 atom stereocenters. The number of amides is 1. The number of carbonyl (C=O) groups excluding carboxylic acids is 1. The molecule has 1 aliphatic rings. The molecular formula is C29H29NO2. The first kappa shape index (κ1) is 22.8. The molecule has 32 heavy (non-hydrogen) atoms. The van der Waals surface area contributed by atoms with E-state index in [4.69, 9.17) is 0 Å². The van der Waals surface area contributed by atoms with E-state index < -0.39 is 0 Å². The van der Waals surface area contributed by atoms with Crippen LogP contribution in [0, 0.1) is 0 Å². The summed E-state index contributed by atoms with van der Waals surface area (Å²) in [6.07, 6.45) is 6.11. The Labute approximate surface area is 189 Å². The van der Waals surface area contributed by atoms with Crippen LogP contribution < -0.4 is 15.8 Å². The topological polar surface area (TPSA) is 49.3 Å². The second-order valence-corrected chi connectivity index (χ2v) is 7.13. The van der Waals surface area contributed by atoms with Crippen LogP contribution in [0.5, 0.6) is 5.75 Å². The van der Waals surface area contributed by atoms with Gasteiger partial charge in [-0.05, 0) is 57.6 Å². The molecule has 4 aromatic carbocycles. The standard InChI is InChI=1S/C25H19NO2.C2H6.C2H4/c27-24-15-17-8-2-1-7-16(17)13-22(24)25(28)26-23-14-18-9-3-4-10-19(18)20-11-5-6-12-21(20)23;2*1-2/h3-15,27H,1-2H2,(H,26,28);1-2H3;1-2H2. The van der Waals surface area contributed by atoms with Gasteiger partial charge < -0.3 is 10.4 Å². The summed E-state index contributed by atoms with van der Waals surface area (Å²) < 4.78 is 0. The number of anilines is 1. The molecule has 162 valence electrons. The van der Waals surface area contributed by atoms with Gasteiger partial charge in [-0.2, -0.15) is 0 Å². The Morgan fingerprint density at radius 3 is 2.06 bits per heavy atom. The smallest absolute Gasteiger partial charge is 0.259 e. The number of phenols is 1. The van der Waals surface area contributed by atoms with Crippen molar-refractivity contribution in [3.05, 3.63) is 95.9 Å².